The predicted molar refractivity (Wildman–Crippen MR) is 77.1 cm³/mol. The molecule has 19 heavy (non-hydrogen) atoms. The highest BCUT2D eigenvalue weighted by Gasteiger charge is 2.09. The fourth-order valence-corrected chi connectivity index (χ4v) is 2.85. The highest BCUT2D eigenvalue weighted by molar-refractivity contribution is 7.09. The molecule has 6 heteroatoms. The second-order valence-corrected chi connectivity index (χ2v) is 5.68. The van der Waals surface area contributed by atoms with Crippen molar-refractivity contribution in [3.63, 3.8) is 0 Å². The number of hydrogen-bond donors (Lipinski definition) is 0. The first-order valence-electron chi connectivity index (χ1n) is 5.52. The van der Waals surface area contributed by atoms with Crippen molar-refractivity contribution in [2.45, 2.75) is 12.8 Å². The zero-order valence-corrected chi connectivity index (χ0v) is 12.5. The SMILES string of the molecule is COC(=O)Cc1csc(Cc2ccc(Cl)cc2Cl)n1. The zero-order valence-electron chi connectivity index (χ0n) is 10.2. The number of ether oxygens (including phenoxy) is 1. The normalized spacial score (nSPS) is 10.5. The number of carbonyl (C=O) groups excluding carboxylic acids is 1. The molecule has 100 valence electrons. The molecule has 0 radical (unpaired) electrons. The number of carbonyl (C=O) groups is 1. The molecule has 3 nitrogen and oxygen atoms in total. The van der Waals surface area contributed by atoms with Gasteiger partial charge < -0.3 is 4.74 Å². The maximum Gasteiger partial charge on any atom is 0.311 e. The molecule has 0 unspecified atom stereocenters. The van der Waals surface area contributed by atoms with Crippen LogP contribution in [0.4, 0.5) is 0 Å². The molecule has 0 fully saturated rings. The minimum Gasteiger partial charge on any atom is -0.469 e. The molecule has 1 heterocycles. The summed E-state index contributed by atoms with van der Waals surface area (Å²) in [6.07, 6.45) is 0.823. The number of esters is 1. The Hall–Kier alpha value is -1.10. The number of aromatic nitrogens is 1. The van der Waals surface area contributed by atoms with E-state index in [9.17, 15) is 4.79 Å². The second-order valence-electron chi connectivity index (χ2n) is 3.90. The fourth-order valence-electron chi connectivity index (χ4n) is 1.56. The summed E-state index contributed by atoms with van der Waals surface area (Å²) in [5.41, 5.74) is 1.68. The summed E-state index contributed by atoms with van der Waals surface area (Å²) < 4.78 is 4.60. The van der Waals surface area contributed by atoms with Gasteiger partial charge in [0, 0.05) is 21.8 Å². The van der Waals surface area contributed by atoms with Crippen molar-refractivity contribution in [2.75, 3.05) is 7.11 Å². The van der Waals surface area contributed by atoms with Crippen molar-refractivity contribution in [1.29, 1.82) is 0 Å². The van der Waals surface area contributed by atoms with Gasteiger partial charge in [0.2, 0.25) is 0 Å². The number of nitrogens with zero attached hydrogens (tertiary/aromatic N) is 1. The quantitative estimate of drug-likeness (QED) is 0.806. The highest BCUT2D eigenvalue weighted by atomic mass is 35.5. The van der Waals surface area contributed by atoms with Crippen molar-refractivity contribution in [1.82, 2.24) is 4.98 Å². The van der Waals surface area contributed by atoms with E-state index < -0.39 is 0 Å². The molecule has 1 aromatic heterocycles. The van der Waals surface area contributed by atoms with E-state index in [0.29, 0.717) is 16.5 Å². The summed E-state index contributed by atoms with van der Waals surface area (Å²) in [6.45, 7) is 0. The molecule has 0 atom stereocenters. The average molecular weight is 316 g/mol. The Morgan fingerprint density at radius 1 is 1.42 bits per heavy atom. The van der Waals surface area contributed by atoms with Crippen LogP contribution in [0.3, 0.4) is 0 Å². The Labute approximate surface area is 125 Å². The van der Waals surface area contributed by atoms with Gasteiger partial charge in [0.05, 0.1) is 24.2 Å². The number of rotatable bonds is 4. The summed E-state index contributed by atoms with van der Waals surface area (Å²) in [6, 6.07) is 5.39. The molecular weight excluding hydrogens is 305 g/mol. The molecule has 0 aliphatic carbocycles. The first-order chi connectivity index (χ1) is 9.08. The van der Waals surface area contributed by atoms with Gasteiger partial charge in [-0.05, 0) is 17.7 Å². The lowest BCUT2D eigenvalue weighted by molar-refractivity contribution is -0.139. The maximum atomic E-state index is 11.1. The van der Waals surface area contributed by atoms with Crippen LogP contribution in [0.1, 0.15) is 16.3 Å². The monoisotopic (exact) mass is 315 g/mol. The van der Waals surface area contributed by atoms with E-state index in [-0.39, 0.29) is 12.4 Å². The van der Waals surface area contributed by atoms with Crippen LogP contribution in [-0.2, 0) is 22.4 Å². The lowest BCUT2D eigenvalue weighted by Crippen LogP contribution is -2.04. The number of methoxy groups -OCH3 is 1. The molecule has 0 bridgehead atoms. The van der Waals surface area contributed by atoms with Crippen LogP contribution in [0, 0.1) is 0 Å². The van der Waals surface area contributed by atoms with Gasteiger partial charge in [0.1, 0.15) is 0 Å². The molecule has 1 aromatic carbocycles. The molecule has 0 saturated carbocycles. The predicted octanol–water partition coefficient (Wildman–Crippen LogP) is 3.76. The highest BCUT2D eigenvalue weighted by Crippen LogP contribution is 2.24. The number of halogens is 2. The molecule has 0 aliphatic rings. The van der Waals surface area contributed by atoms with Crippen LogP contribution in [-0.4, -0.2) is 18.1 Å². The van der Waals surface area contributed by atoms with Gasteiger partial charge in [0.15, 0.2) is 0 Å². The van der Waals surface area contributed by atoms with Gasteiger partial charge in [-0.15, -0.1) is 11.3 Å². The average Bonchev–Trinajstić information content (AvgIpc) is 2.80. The third-order valence-corrected chi connectivity index (χ3v) is 3.99. The van der Waals surface area contributed by atoms with Gasteiger partial charge in [0.25, 0.3) is 0 Å². The molecule has 0 aliphatic heterocycles. The van der Waals surface area contributed by atoms with Gasteiger partial charge in [-0.1, -0.05) is 29.3 Å². The molecule has 0 saturated heterocycles. The smallest absolute Gasteiger partial charge is 0.311 e. The van der Waals surface area contributed by atoms with Crippen molar-refractivity contribution >= 4 is 40.5 Å². The van der Waals surface area contributed by atoms with Crippen molar-refractivity contribution in [2.24, 2.45) is 0 Å². The summed E-state index contributed by atoms with van der Waals surface area (Å²) in [5, 5.41) is 4.00. The van der Waals surface area contributed by atoms with Gasteiger partial charge >= 0.3 is 5.97 Å². The summed E-state index contributed by atoms with van der Waals surface area (Å²) >= 11 is 13.5. The standard InChI is InChI=1S/C13H11Cl2NO2S/c1-18-13(17)6-10-7-19-12(16-10)4-8-2-3-9(14)5-11(8)15/h2-3,5,7H,4,6H2,1H3. The minimum atomic E-state index is -0.290. The van der Waals surface area contributed by atoms with E-state index in [2.05, 4.69) is 9.72 Å². The lowest BCUT2D eigenvalue weighted by Gasteiger charge is -2.02. The Morgan fingerprint density at radius 2 is 2.21 bits per heavy atom. The Morgan fingerprint density at radius 3 is 2.89 bits per heavy atom. The van der Waals surface area contributed by atoms with Crippen LogP contribution in [0.5, 0.6) is 0 Å². The van der Waals surface area contributed by atoms with E-state index in [1.807, 2.05) is 11.4 Å². The topological polar surface area (TPSA) is 39.2 Å². The van der Waals surface area contributed by atoms with Crippen LogP contribution >= 0.6 is 34.5 Å². The first-order valence-corrected chi connectivity index (χ1v) is 7.16. The van der Waals surface area contributed by atoms with Crippen molar-refractivity contribution in [3.8, 4) is 0 Å². The van der Waals surface area contributed by atoms with Crippen LogP contribution in [0.25, 0.3) is 0 Å². The van der Waals surface area contributed by atoms with Gasteiger partial charge in [-0.25, -0.2) is 4.98 Å². The molecule has 0 N–H and O–H groups in total. The summed E-state index contributed by atoms with van der Waals surface area (Å²) in [5.74, 6) is -0.290. The third kappa shape index (κ3) is 3.93. The van der Waals surface area contributed by atoms with Crippen molar-refractivity contribution in [3.05, 3.63) is 49.9 Å². The molecule has 2 aromatic rings. The first kappa shape index (κ1) is 14.3. The summed E-state index contributed by atoms with van der Waals surface area (Å²) in [7, 11) is 1.36. The summed E-state index contributed by atoms with van der Waals surface area (Å²) in [4.78, 5) is 15.5. The van der Waals surface area contributed by atoms with Crippen LogP contribution in [0.15, 0.2) is 23.6 Å². The molecule has 2 rings (SSSR count). The van der Waals surface area contributed by atoms with Gasteiger partial charge in [-0.3, -0.25) is 4.79 Å². The Kier molecular flexibility index (Phi) is 4.80. The largest absolute Gasteiger partial charge is 0.469 e. The Bertz CT molecular complexity index is 598. The number of thiazole rings is 1. The van der Waals surface area contributed by atoms with E-state index in [1.165, 1.54) is 18.4 Å². The fraction of sp³-hybridized carbons (Fsp3) is 0.231. The molecular formula is C13H11Cl2NO2S. The molecule has 0 spiro atoms. The lowest BCUT2D eigenvalue weighted by atomic mass is 10.1. The zero-order chi connectivity index (χ0) is 13.8. The van der Waals surface area contributed by atoms with Gasteiger partial charge in [-0.2, -0.15) is 0 Å². The Balaban J connectivity index is 2.09. The van der Waals surface area contributed by atoms with E-state index >= 15 is 0 Å². The van der Waals surface area contributed by atoms with Crippen LogP contribution < -0.4 is 0 Å². The van der Waals surface area contributed by atoms with Crippen LogP contribution in [0.2, 0.25) is 10.0 Å². The minimum absolute atomic E-state index is 0.196. The molecule has 0 amide bonds. The number of benzene rings is 1. The van der Waals surface area contributed by atoms with Crippen molar-refractivity contribution < 1.29 is 9.53 Å². The maximum absolute atomic E-state index is 11.1. The number of hydrogen-bond acceptors (Lipinski definition) is 4. The second kappa shape index (κ2) is 6.37. The van der Waals surface area contributed by atoms with E-state index in [1.54, 1.807) is 12.1 Å². The third-order valence-electron chi connectivity index (χ3n) is 2.51. The van der Waals surface area contributed by atoms with E-state index in [0.717, 1.165) is 16.3 Å². The van der Waals surface area contributed by atoms with E-state index in [4.69, 9.17) is 23.2 Å².